The van der Waals surface area contributed by atoms with Crippen molar-refractivity contribution in [2.24, 2.45) is 0 Å². The smallest absolute Gasteiger partial charge is 0.159 e. The number of aromatic nitrogens is 2. The Morgan fingerprint density at radius 3 is 2.60 bits per heavy atom. The third-order valence-corrected chi connectivity index (χ3v) is 3.06. The van der Waals surface area contributed by atoms with Gasteiger partial charge in [-0.3, -0.25) is 0 Å². The van der Waals surface area contributed by atoms with Crippen molar-refractivity contribution in [3.8, 4) is 0 Å². The number of halogens is 1. The highest BCUT2D eigenvalue weighted by molar-refractivity contribution is 9.10. The zero-order valence-corrected chi connectivity index (χ0v) is 11.1. The normalized spacial score (nSPS) is 12.6. The molecule has 1 rings (SSSR count). The second-order valence-corrected chi connectivity index (χ2v) is 3.97. The van der Waals surface area contributed by atoms with Crippen LogP contribution in [0.2, 0.25) is 0 Å². The van der Waals surface area contributed by atoms with Crippen LogP contribution in [0.1, 0.15) is 31.5 Å². The van der Waals surface area contributed by atoms with Crippen molar-refractivity contribution in [2.75, 3.05) is 19.5 Å². The van der Waals surface area contributed by atoms with Crippen LogP contribution < -0.4 is 5.32 Å². The van der Waals surface area contributed by atoms with Gasteiger partial charge >= 0.3 is 0 Å². The molecule has 1 unspecified atom stereocenters. The average molecular weight is 274 g/mol. The van der Waals surface area contributed by atoms with Crippen LogP contribution in [0.25, 0.3) is 0 Å². The highest BCUT2D eigenvalue weighted by Crippen LogP contribution is 2.25. The van der Waals surface area contributed by atoms with E-state index >= 15 is 0 Å². The standard InChI is InChI=1S/C10H16BrN3O/c1-5-7-8(11)10(12-3)14-9(13-7)6(2)15-4/h6H,5H2,1-4H3,(H,12,13,14). The summed E-state index contributed by atoms with van der Waals surface area (Å²) in [5, 5.41) is 3.04. The van der Waals surface area contributed by atoms with Crippen LogP contribution in [0.3, 0.4) is 0 Å². The molecule has 0 fully saturated rings. The molecular weight excluding hydrogens is 258 g/mol. The predicted molar refractivity (Wildman–Crippen MR) is 64.1 cm³/mol. The Morgan fingerprint density at radius 2 is 2.13 bits per heavy atom. The number of hydrogen-bond donors (Lipinski definition) is 1. The van der Waals surface area contributed by atoms with Gasteiger partial charge < -0.3 is 10.1 Å². The molecule has 0 aliphatic carbocycles. The number of nitrogens with zero attached hydrogens (tertiary/aromatic N) is 2. The Kier molecular flexibility index (Phi) is 4.47. The van der Waals surface area contributed by atoms with Gasteiger partial charge in [0.2, 0.25) is 0 Å². The number of aryl methyl sites for hydroxylation is 1. The van der Waals surface area contributed by atoms with E-state index in [0.29, 0.717) is 5.82 Å². The number of nitrogens with one attached hydrogen (secondary N) is 1. The lowest BCUT2D eigenvalue weighted by atomic mass is 10.3. The summed E-state index contributed by atoms with van der Waals surface area (Å²) in [5.74, 6) is 1.52. The quantitative estimate of drug-likeness (QED) is 0.916. The van der Waals surface area contributed by atoms with Crippen molar-refractivity contribution < 1.29 is 4.74 Å². The van der Waals surface area contributed by atoms with Crippen LogP contribution in [-0.4, -0.2) is 24.1 Å². The molecule has 0 saturated heterocycles. The lowest BCUT2D eigenvalue weighted by Gasteiger charge is -2.13. The Hall–Kier alpha value is -0.680. The van der Waals surface area contributed by atoms with E-state index in [-0.39, 0.29) is 6.10 Å². The molecule has 5 heteroatoms. The monoisotopic (exact) mass is 273 g/mol. The summed E-state index contributed by atoms with van der Waals surface area (Å²) in [7, 11) is 3.49. The molecule has 0 amide bonds. The summed E-state index contributed by atoms with van der Waals surface area (Å²) in [6, 6.07) is 0. The molecule has 1 aromatic heterocycles. The SMILES string of the molecule is CCc1nc(C(C)OC)nc(NC)c1Br. The van der Waals surface area contributed by atoms with Crippen LogP contribution in [0.4, 0.5) is 5.82 Å². The molecule has 0 aliphatic heterocycles. The summed E-state index contributed by atoms with van der Waals surface area (Å²) < 4.78 is 6.14. The summed E-state index contributed by atoms with van der Waals surface area (Å²) in [6.07, 6.45) is 0.775. The second kappa shape index (κ2) is 5.42. The van der Waals surface area contributed by atoms with E-state index < -0.39 is 0 Å². The maximum Gasteiger partial charge on any atom is 0.159 e. The zero-order valence-electron chi connectivity index (χ0n) is 9.47. The number of rotatable bonds is 4. The molecule has 4 nitrogen and oxygen atoms in total. The minimum atomic E-state index is -0.0875. The Balaban J connectivity index is 3.20. The minimum Gasteiger partial charge on any atom is -0.374 e. The molecule has 1 atom stereocenters. The molecule has 15 heavy (non-hydrogen) atoms. The molecule has 0 bridgehead atoms. The molecule has 1 heterocycles. The summed E-state index contributed by atoms with van der Waals surface area (Å²) >= 11 is 3.48. The highest BCUT2D eigenvalue weighted by Gasteiger charge is 2.14. The zero-order chi connectivity index (χ0) is 11.4. The highest BCUT2D eigenvalue weighted by atomic mass is 79.9. The van der Waals surface area contributed by atoms with Gasteiger partial charge in [0.1, 0.15) is 11.9 Å². The van der Waals surface area contributed by atoms with Gasteiger partial charge in [-0.1, -0.05) is 6.92 Å². The first-order chi connectivity index (χ1) is 7.13. The van der Waals surface area contributed by atoms with E-state index in [1.165, 1.54) is 0 Å². The maximum absolute atomic E-state index is 5.21. The van der Waals surface area contributed by atoms with Crippen LogP contribution >= 0.6 is 15.9 Å². The third-order valence-electron chi connectivity index (χ3n) is 2.23. The number of ether oxygens (including phenoxy) is 1. The summed E-state index contributed by atoms with van der Waals surface area (Å²) in [5.41, 5.74) is 0.994. The molecule has 0 aliphatic rings. The Morgan fingerprint density at radius 1 is 1.47 bits per heavy atom. The van der Waals surface area contributed by atoms with E-state index in [1.54, 1.807) is 7.11 Å². The van der Waals surface area contributed by atoms with Crippen LogP contribution in [0.15, 0.2) is 4.47 Å². The van der Waals surface area contributed by atoms with Crippen molar-refractivity contribution in [3.05, 3.63) is 16.0 Å². The fourth-order valence-corrected chi connectivity index (χ4v) is 1.86. The van der Waals surface area contributed by atoms with Gasteiger partial charge in [0.15, 0.2) is 5.82 Å². The molecule has 0 radical (unpaired) electrons. The molecular formula is C10H16BrN3O. The van der Waals surface area contributed by atoms with E-state index in [2.05, 4.69) is 38.1 Å². The fourth-order valence-electron chi connectivity index (χ4n) is 1.20. The lowest BCUT2D eigenvalue weighted by molar-refractivity contribution is 0.112. The first kappa shape index (κ1) is 12.4. The predicted octanol–water partition coefficient (Wildman–Crippen LogP) is 2.55. The molecule has 1 aromatic rings. The molecule has 84 valence electrons. The van der Waals surface area contributed by atoms with E-state index in [1.807, 2.05) is 14.0 Å². The van der Waals surface area contributed by atoms with Crippen molar-refractivity contribution in [1.82, 2.24) is 9.97 Å². The van der Waals surface area contributed by atoms with Crippen molar-refractivity contribution in [1.29, 1.82) is 0 Å². The molecule has 0 saturated carbocycles. The Labute approximate surface area is 98.6 Å². The summed E-state index contributed by atoms with van der Waals surface area (Å²) in [6.45, 7) is 4.00. The number of hydrogen-bond acceptors (Lipinski definition) is 4. The first-order valence-corrected chi connectivity index (χ1v) is 5.70. The van der Waals surface area contributed by atoms with Gasteiger partial charge in [0.25, 0.3) is 0 Å². The number of anilines is 1. The Bertz CT molecular complexity index is 318. The van der Waals surface area contributed by atoms with Gasteiger partial charge in [-0.15, -0.1) is 0 Å². The fraction of sp³-hybridized carbons (Fsp3) is 0.600. The van der Waals surface area contributed by atoms with Gasteiger partial charge in [0.05, 0.1) is 10.2 Å². The first-order valence-electron chi connectivity index (χ1n) is 4.90. The largest absolute Gasteiger partial charge is 0.374 e. The van der Waals surface area contributed by atoms with Crippen molar-refractivity contribution in [2.45, 2.75) is 26.4 Å². The third kappa shape index (κ3) is 2.66. The molecule has 0 spiro atoms. The van der Waals surface area contributed by atoms with Crippen molar-refractivity contribution in [3.63, 3.8) is 0 Å². The number of methoxy groups -OCH3 is 1. The van der Waals surface area contributed by atoms with Crippen LogP contribution in [-0.2, 0) is 11.2 Å². The van der Waals surface area contributed by atoms with Gasteiger partial charge in [0, 0.05) is 14.2 Å². The van der Waals surface area contributed by atoms with Gasteiger partial charge in [-0.25, -0.2) is 9.97 Å². The minimum absolute atomic E-state index is 0.0875. The molecule has 0 aromatic carbocycles. The topological polar surface area (TPSA) is 47.0 Å². The van der Waals surface area contributed by atoms with E-state index in [4.69, 9.17) is 4.74 Å². The van der Waals surface area contributed by atoms with Gasteiger partial charge in [-0.2, -0.15) is 0 Å². The average Bonchev–Trinajstić information content (AvgIpc) is 2.28. The van der Waals surface area contributed by atoms with E-state index in [0.717, 1.165) is 22.4 Å². The lowest BCUT2D eigenvalue weighted by Crippen LogP contribution is -2.09. The van der Waals surface area contributed by atoms with E-state index in [9.17, 15) is 0 Å². The van der Waals surface area contributed by atoms with Crippen LogP contribution in [0.5, 0.6) is 0 Å². The second-order valence-electron chi connectivity index (χ2n) is 3.17. The maximum atomic E-state index is 5.21. The summed E-state index contributed by atoms with van der Waals surface area (Å²) in [4.78, 5) is 8.82. The molecule has 1 N–H and O–H groups in total. The van der Waals surface area contributed by atoms with Crippen molar-refractivity contribution >= 4 is 21.7 Å². The van der Waals surface area contributed by atoms with Crippen LogP contribution in [0, 0.1) is 0 Å². The van der Waals surface area contributed by atoms with Gasteiger partial charge in [-0.05, 0) is 29.3 Å².